The van der Waals surface area contributed by atoms with Crippen LogP contribution in [0.2, 0.25) is 0 Å². The highest BCUT2D eigenvalue weighted by molar-refractivity contribution is 5.94. The van der Waals surface area contributed by atoms with Crippen LogP contribution < -0.4 is 0 Å². The molecule has 0 fully saturated rings. The number of nitrogens with one attached hydrogen (secondary N) is 1. The smallest absolute Gasteiger partial charge is 0.253 e. The lowest BCUT2D eigenvalue weighted by molar-refractivity contribution is 0.0762. The minimum absolute atomic E-state index is 0.0982. The Morgan fingerprint density at radius 1 is 1.04 bits per heavy atom. The zero-order chi connectivity index (χ0) is 15.8. The van der Waals surface area contributed by atoms with Gasteiger partial charge in [0.1, 0.15) is 5.82 Å². The first-order valence-electron chi connectivity index (χ1n) is 7.85. The van der Waals surface area contributed by atoms with Gasteiger partial charge in [-0.15, -0.1) is 0 Å². The second-order valence-corrected chi connectivity index (χ2v) is 5.93. The summed E-state index contributed by atoms with van der Waals surface area (Å²) < 4.78 is 13.3. The predicted molar refractivity (Wildman–Crippen MR) is 88.0 cm³/mol. The van der Waals surface area contributed by atoms with Crippen molar-refractivity contribution < 1.29 is 9.18 Å². The van der Waals surface area contributed by atoms with Crippen molar-refractivity contribution in [2.75, 3.05) is 13.1 Å². The third kappa shape index (κ3) is 2.50. The van der Waals surface area contributed by atoms with Gasteiger partial charge >= 0.3 is 0 Å². The molecule has 4 rings (SSSR count). The van der Waals surface area contributed by atoms with Crippen LogP contribution in [0.25, 0.3) is 10.9 Å². The molecule has 0 aliphatic carbocycles. The Balaban J connectivity index is 1.60. The van der Waals surface area contributed by atoms with E-state index in [1.807, 2.05) is 17.0 Å². The zero-order valence-electron chi connectivity index (χ0n) is 12.7. The number of hydrogen-bond acceptors (Lipinski definition) is 1. The first-order chi connectivity index (χ1) is 11.2. The van der Waals surface area contributed by atoms with Crippen molar-refractivity contribution in [3.8, 4) is 0 Å². The SMILES string of the molecule is O=C(c1cccc(F)c1)N1CCc2[nH]c3ccccc3c2CC1. The summed E-state index contributed by atoms with van der Waals surface area (Å²) in [6.45, 7) is 1.30. The molecule has 1 aromatic heterocycles. The lowest BCUT2D eigenvalue weighted by Gasteiger charge is -2.20. The lowest BCUT2D eigenvalue weighted by atomic mass is 10.1. The molecule has 0 spiro atoms. The van der Waals surface area contributed by atoms with E-state index in [9.17, 15) is 9.18 Å². The number of rotatable bonds is 1. The molecule has 2 heterocycles. The highest BCUT2D eigenvalue weighted by atomic mass is 19.1. The van der Waals surface area contributed by atoms with Gasteiger partial charge in [0, 0.05) is 41.7 Å². The Bertz CT molecular complexity index is 884. The van der Waals surface area contributed by atoms with Crippen LogP contribution in [0.5, 0.6) is 0 Å². The van der Waals surface area contributed by atoms with E-state index < -0.39 is 0 Å². The molecule has 3 nitrogen and oxygen atoms in total. The van der Waals surface area contributed by atoms with Crippen LogP contribution in [0, 0.1) is 5.82 Å². The molecule has 0 bridgehead atoms. The number of carbonyl (C=O) groups is 1. The third-order valence-electron chi connectivity index (χ3n) is 4.52. The van der Waals surface area contributed by atoms with Crippen LogP contribution in [-0.4, -0.2) is 28.9 Å². The molecule has 1 aliphatic rings. The van der Waals surface area contributed by atoms with Gasteiger partial charge in [-0.1, -0.05) is 24.3 Å². The number of aromatic nitrogens is 1. The van der Waals surface area contributed by atoms with Gasteiger partial charge in [0.05, 0.1) is 0 Å². The molecule has 0 saturated heterocycles. The van der Waals surface area contributed by atoms with E-state index in [2.05, 4.69) is 17.1 Å². The first kappa shape index (κ1) is 14.0. The Morgan fingerprint density at radius 3 is 2.74 bits per heavy atom. The van der Waals surface area contributed by atoms with Crippen molar-refractivity contribution in [1.82, 2.24) is 9.88 Å². The van der Waals surface area contributed by atoms with Crippen LogP contribution in [0.1, 0.15) is 21.6 Å². The van der Waals surface area contributed by atoms with E-state index >= 15 is 0 Å². The lowest BCUT2D eigenvalue weighted by Crippen LogP contribution is -2.33. The van der Waals surface area contributed by atoms with Crippen molar-refractivity contribution in [1.29, 1.82) is 0 Å². The summed E-state index contributed by atoms with van der Waals surface area (Å²) in [6.07, 6.45) is 1.62. The van der Waals surface area contributed by atoms with Gasteiger partial charge in [-0.25, -0.2) is 4.39 Å². The van der Waals surface area contributed by atoms with Crippen molar-refractivity contribution >= 4 is 16.8 Å². The molecule has 2 aromatic carbocycles. The number of halogens is 1. The van der Waals surface area contributed by atoms with E-state index in [1.54, 1.807) is 12.1 Å². The molecular formula is C19H17FN2O. The number of hydrogen-bond donors (Lipinski definition) is 1. The number of H-pyrrole nitrogens is 1. The average Bonchev–Trinajstić information content (AvgIpc) is 2.79. The molecule has 1 N–H and O–H groups in total. The Labute approximate surface area is 133 Å². The van der Waals surface area contributed by atoms with Crippen LogP contribution in [0.4, 0.5) is 4.39 Å². The second kappa shape index (κ2) is 5.54. The maximum Gasteiger partial charge on any atom is 0.253 e. The number of aromatic amines is 1. The van der Waals surface area contributed by atoms with E-state index in [0.717, 1.165) is 18.4 Å². The van der Waals surface area contributed by atoms with Crippen molar-refractivity contribution in [2.45, 2.75) is 12.8 Å². The van der Waals surface area contributed by atoms with Crippen molar-refractivity contribution in [3.05, 3.63) is 71.2 Å². The van der Waals surface area contributed by atoms with Crippen LogP contribution in [-0.2, 0) is 12.8 Å². The average molecular weight is 308 g/mol. The zero-order valence-corrected chi connectivity index (χ0v) is 12.7. The van der Waals surface area contributed by atoms with Crippen LogP contribution in [0.15, 0.2) is 48.5 Å². The molecule has 4 heteroatoms. The molecule has 0 atom stereocenters. The minimum atomic E-state index is -0.373. The Kier molecular flexibility index (Phi) is 3.37. The number of para-hydroxylation sites is 1. The summed E-state index contributed by atoms with van der Waals surface area (Å²) in [5.41, 5.74) is 4.08. The monoisotopic (exact) mass is 308 g/mol. The molecule has 116 valence electrons. The topological polar surface area (TPSA) is 36.1 Å². The fourth-order valence-corrected chi connectivity index (χ4v) is 3.37. The summed E-state index contributed by atoms with van der Waals surface area (Å²) in [7, 11) is 0. The highest BCUT2D eigenvalue weighted by Gasteiger charge is 2.22. The maximum atomic E-state index is 13.3. The molecule has 1 aliphatic heterocycles. The molecule has 3 aromatic rings. The van der Waals surface area contributed by atoms with E-state index in [-0.39, 0.29) is 11.7 Å². The van der Waals surface area contributed by atoms with Gasteiger partial charge in [-0.05, 0) is 36.2 Å². The van der Waals surface area contributed by atoms with Crippen molar-refractivity contribution in [2.24, 2.45) is 0 Å². The van der Waals surface area contributed by atoms with E-state index in [0.29, 0.717) is 18.7 Å². The fraction of sp³-hybridized carbons (Fsp3) is 0.211. The third-order valence-corrected chi connectivity index (χ3v) is 4.52. The molecule has 0 unspecified atom stereocenters. The molecule has 0 saturated carbocycles. The quantitative estimate of drug-likeness (QED) is 0.733. The summed E-state index contributed by atoms with van der Waals surface area (Å²) in [5.74, 6) is -0.471. The Hall–Kier alpha value is -2.62. The largest absolute Gasteiger partial charge is 0.358 e. The summed E-state index contributed by atoms with van der Waals surface area (Å²) in [4.78, 5) is 17.9. The predicted octanol–water partition coefficient (Wildman–Crippen LogP) is 3.55. The minimum Gasteiger partial charge on any atom is -0.358 e. The van der Waals surface area contributed by atoms with Gasteiger partial charge in [-0.3, -0.25) is 4.79 Å². The number of carbonyl (C=O) groups excluding carboxylic acids is 1. The maximum absolute atomic E-state index is 13.3. The fourth-order valence-electron chi connectivity index (χ4n) is 3.37. The van der Waals surface area contributed by atoms with Gasteiger partial charge in [0.2, 0.25) is 0 Å². The Morgan fingerprint density at radius 2 is 1.87 bits per heavy atom. The standard InChI is InChI=1S/C19H17FN2O/c20-14-5-3-4-13(12-14)19(23)22-10-8-16-15-6-1-2-7-17(15)21-18(16)9-11-22/h1-7,12,21H,8-11H2. The highest BCUT2D eigenvalue weighted by Crippen LogP contribution is 2.26. The second-order valence-electron chi connectivity index (χ2n) is 5.93. The molecule has 1 amide bonds. The number of fused-ring (bicyclic) bond motifs is 3. The van der Waals surface area contributed by atoms with Gasteiger partial charge in [0.25, 0.3) is 5.91 Å². The number of nitrogens with zero attached hydrogens (tertiary/aromatic N) is 1. The van der Waals surface area contributed by atoms with Gasteiger partial charge in [-0.2, -0.15) is 0 Å². The molecule has 0 radical (unpaired) electrons. The van der Waals surface area contributed by atoms with E-state index in [1.165, 1.54) is 28.8 Å². The summed E-state index contributed by atoms with van der Waals surface area (Å²) in [5, 5.41) is 1.24. The molecular weight excluding hydrogens is 291 g/mol. The molecule has 23 heavy (non-hydrogen) atoms. The summed E-state index contributed by atoms with van der Waals surface area (Å²) >= 11 is 0. The number of amides is 1. The van der Waals surface area contributed by atoms with Gasteiger partial charge in [0.15, 0.2) is 0 Å². The first-order valence-corrected chi connectivity index (χ1v) is 7.85. The van der Waals surface area contributed by atoms with Crippen LogP contribution in [0.3, 0.4) is 0 Å². The van der Waals surface area contributed by atoms with E-state index in [4.69, 9.17) is 0 Å². The van der Waals surface area contributed by atoms with Crippen LogP contribution >= 0.6 is 0 Å². The summed E-state index contributed by atoms with van der Waals surface area (Å²) in [6, 6.07) is 14.2. The van der Waals surface area contributed by atoms with Crippen molar-refractivity contribution in [3.63, 3.8) is 0 Å². The number of benzene rings is 2. The normalized spacial score (nSPS) is 14.6. The van der Waals surface area contributed by atoms with Gasteiger partial charge < -0.3 is 9.88 Å².